The predicted molar refractivity (Wildman–Crippen MR) is 85.4 cm³/mol. The Kier molecular flexibility index (Phi) is 5.81. The van der Waals surface area contributed by atoms with Crippen molar-refractivity contribution in [2.75, 3.05) is 34.4 Å². The molecule has 0 aliphatic carbocycles. The number of ether oxygens (including phenoxy) is 2. The fraction of sp³-hybridized carbons (Fsp3) is 0.500. The lowest BCUT2D eigenvalue weighted by Crippen LogP contribution is -2.56. The van der Waals surface area contributed by atoms with Crippen LogP contribution in [-0.4, -0.2) is 57.1 Å². The predicted octanol–water partition coefficient (Wildman–Crippen LogP) is 0.140. The first kappa shape index (κ1) is 17.1. The van der Waals surface area contributed by atoms with Gasteiger partial charge in [-0.15, -0.1) is 0 Å². The largest absolute Gasteiger partial charge is 0.493 e. The van der Waals surface area contributed by atoms with Crippen LogP contribution < -0.4 is 20.1 Å². The highest BCUT2D eigenvalue weighted by Crippen LogP contribution is 2.32. The van der Waals surface area contributed by atoms with Crippen LogP contribution in [0.4, 0.5) is 0 Å². The maximum absolute atomic E-state index is 12.1. The minimum absolute atomic E-state index is 0.123. The van der Waals surface area contributed by atoms with Crippen LogP contribution in [0.1, 0.15) is 12.0 Å². The van der Waals surface area contributed by atoms with Crippen molar-refractivity contribution in [2.24, 2.45) is 0 Å². The van der Waals surface area contributed by atoms with E-state index in [4.69, 9.17) is 9.47 Å². The van der Waals surface area contributed by atoms with E-state index in [1.807, 2.05) is 23.1 Å². The van der Waals surface area contributed by atoms with E-state index in [1.54, 1.807) is 21.3 Å². The number of para-hydroxylation sites is 1. The lowest BCUT2D eigenvalue weighted by atomic mass is 10.1. The number of carbonyl (C=O) groups excluding carboxylic acids is 2. The second-order valence-corrected chi connectivity index (χ2v) is 5.31. The van der Waals surface area contributed by atoms with Gasteiger partial charge in [0.2, 0.25) is 11.8 Å². The van der Waals surface area contributed by atoms with Gasteiger partial charge in [0.25, 0.3) is 0 Å². The van der Waals surface area contributed by atoms with Crippen LogP contribution in [0.2, 0.25) is 0 Å². The second kappa shape index (κ2) is 7.82. The summed E-state index contributed by atoms with van der Waals surface area (Å²) >= 11 is 0. The molecule has 1 heterocycles. The number of nitrogens with one attached hydrogen (secondary N) is 2. The van der Waals surface area contributed by atoms with Crippen LogP contribution in [0.3, 0.4) is 0 Å². The van der Waals surface area contributed by atoms with Crippen molar-refractivity contribution in [3.8, 4) is 11.5 Å². The number of amides is 2. The highest BCUT2D eigenvalue weighted by Gasteiger charge is 2.32. The Morgan fingerprint density at radius 3 is 2.83 bits per heavy atom. The van der Waals surface area contributed by atoms with Crippen LogP contribution in [0.15, 0.2) is 18.2 Å². The van der Waals surface area contributed by atoms with Crippen LogP contribution in [0.5, 0.6) is 11.5 Å². The van der Waals surface area contributed by atoms with Gasteiger partial charge in [-0.3, -0.25) is 14.5 Å². The molecule has 1 aliphatic rings. The number of hydrogen-bond acceptors (Lipinski definition) is 5. The number of methoxy groups -OCH3 is 2. The molecule has 126 valence electrons. The minimum atomic E-state index is -0.486. The van der Waals surface area contributed by atoms with Gasteiger partial charge in [0.05, 0.1) is 26.7 Å². The van der Waals surface area contributed by atoms with Gasteiger partial charge < -0.3 is 20.1 Å². The van der Waals surface area contributed by atoms with E-state index in [1.165, 1.54) is 0 Å². The van der Waals surface area contributed by atoms with E-state index in [-0.39, 0.29) is 18.2 Å². The van der Waals surface area contributed by atoms with Crippen molar-refractivity contribution in [2.45, 2.75) is 19.0 Å². The fourth-order valence-corrected chi connectivity index (χ4v) is 2.75. The summed E-state index contributed by atoms with van der Waals surface area (Å²) in [5.74, 6) is 1.02. The van der Waals surface area contributed by atoms with Gasteiger partial charge in [-0.1, -0.05) is 12.1 Å². The van der Waals surface area contributed by atoms with Crippen molar-refractivity contribution in [3.63, 3.8) is 0 Å². The molecule has 23 heavy (non-hydrogen) atoms. The van der Waals surface area contributed by atoms with Crippen LogP contribution in [0.25, 0.3) is 0 Å². The molecule has 1 fully saturated rings. The number of rotatable bonds is 6. The van der Waals surface area contributed by atoms with Crippen molar-refractivity contribution in [1.29, 1.82) is 0 Å². The molecule has 7 nitrogen and oxygen atoms in total. The Hall–Kier alpha value is -2.28. The normalized spacial score (nSPS) is 18.2. The van der Waals surface area contributed by atoms with Gasteiger partial charge in [0.1, 0.15) is 0 Å². The Morgan fingerprint density at radius 1 is 1.39 bits per heavy atom. The molecule has 2 rings (SSSR count). The number of nitrogens with zero attached hydrogens (tertiary/aromatic N) is 1. The number of hydrogen-bond donors (Lipinski definition) is 2. The van der Waals surface area contributed by atoms with Crippen LogP contribution >= 0.6 is 0 Å². The molecule has 2 amide bonds. The van der Waals surface area contributed by atoms with Crippen LogP contribution in [0, 0.1) is 0 Å². The molecular weight excluding hydrogens is 298 g/mol. The maximum Gasteiger partial charge on any atom is 0.237 e. The van der Waals surface area contributed by atoms with E-state index < -0.39 is 6.04 Å². The van der Waals surface area contributed by atoms with E-state index in [0.717, 1.165) is 5.56 Å². The number of carbonyl (C=O) groups is 2. The summed E-state index contributed by atoms with van der Waals surface area (Å²) in [4.78, 5) is 25.8. The summed E-state index contributed by atoms with van der Waals surface area (Å²) in [5, 5.41) is 5.38. The summed E-state index contributed by atoms with van der Waals surface area (Å²) < 4.78 is 10.8. The molecule has 1 aromatic carbocycles. The molecule has 1 aliphatic heterocycles. The van der Waals surface area contributed by atoms with E-state index in [0.29, 0.717) is 31.1 Å². The molecule has 0 radical (unpaired) electrons. The molecule has 0 saturated carbocycles. The van der Waals surface area contributed by atoms with Crippen molar-refractivity contribution >= 4 is 11.8 Å². The molecule has 0 spiro atoms. The first-order valence-electron chi connectivity index (χ1n) is 7.53. The number of benzene rings is 1. The van der Waals surface area contributed by atoms with Crippen molar-refractivity contribution in [1.82, 2.24) is 15.5 Å². The van der Waals surface area contributed by atoms with E-state index >= 15 is 0 Å². The quantitative estimate of drug-likeness (QED) is 0.779. The molecule has 0 bridgehead atoms. The van der Waals surface area contributed by atoms with Gasteiger partial charge in [0, 0.05) is 32.2 Å². The molecule has 1 aromatic rings. The molecule has 0 aromatic heterocycles. The molecule has 1 atom stereocenters. The zero-order valence-corrected chi connectivity index (χ0v) is 13.7. The van der Waals surface area contributed by atoms with Gasteiger partial charge >= 0.3 is 0 Å². The van der Waals surface area contributed by atoms with Crippen LogP contribution in [-0.2, 0) is 16.1 Å². The average Bonchev–Trinajstić information content (AvgIpc) is 2.57. The minimum Gasteiger partial charge on any atom is -0.493 e. The fourth-order valence-electron chi connectivity index (χ4n) is 2.75. The second-order valence-electron chi connectivity index (χ2n) is 5.31. The van der Waals surface area contributed by atoms with Gasteiger partial charge in [-0.25, -0.2) is 0 Å². The number of piperazine rings is 1. The molecule has 1 saturated heterocycles. The first-order chi connectivity index (χ1) is 11.1. The van der Waals surface area contributed by atoms with Crippen molar-refractivity contribution in [3.05, 3.63) is 23.8 Å². The standard InChI is InChI=1S/C16H23N3O4/c1-17-14(20)9-12-16(21)18-7-8-19(12)10-11-5-4-6-13(22-2)15(11)23-3/h4-6,12H,7-10H2,1-3H3,(H,17,20)(H,18,21)/t12-/m0/s1. The summed E-state index contributed by atoms with van der Waals surface area (Å²) in [5.41, 5.74) is 0.920. The average molecular weight is 321 g/mol. The lowest BCUT2D eigenvalue weighted by molar-refractivity contribution is -0.134. The Balaban J connectivity index is 2.22. The molecular formula is C16H23N3O4. The Bertz CT molecular complexity index is 576. The summed E-state index contributed by atoms with van der Waals surface area (Å²) in [6, 6.07) is 5.16. The summed E-state index contributed by atoms with van der Waals surface area (Å²) in [6.45, 7) is 1.75. The third-order valence-electron chi connectivity index (χ3n) is 3.96. The van der Waals surface area contributed by atoms with Gasteiger partial charge in [-0.2, -0.15) is 0 Å². The Morgan fingerprint density at radius 2 is 2.17 bits per heavy atom. The lowest BCUT2D eigenvalue weighted by Gasteiger charge is -2.35. The maximum atomic E-state index is 12.1. The van der Waals surface area contributed by atoms with E-state index in [2.05, 4.69) is 10.6 Å². The van der Waals surface area contributed by atoms with Gasteiger partial charge in [0.15, 0.2) is 11.5 Å². The van der Waals surface area contributed by atoms with Crippen molar-refractivity contribution < 1.29 is 19.1 Å². The topological polar surface area (TPSA) is 79.9 Å². The SMILES string of the molecule is CNC(=O)C[C@H]1C(=O)NCCN1Cc1cccc(OC)c1OC. The highest BCUT2D eigenvalue weighted by molar-refractivity contribution is 5.88. The third-order valence-corrected chi connectivity index (χ3v) is 3.96. The third kappa shape index (κ3) is 3.92. The monoisotopic (exact) mass is 321 g/mol. The Labute approximate surface area is 135 Å². The highest BCUT2D eigenvalue weighted by atomic mass is 16.5. The molecule has 2 N–H and O–H groups in total. The first-order valence-corrected chi connectivity index (χ1v) is 7.53. The summed E-state index contributed by atoms with van der Waals surface area (Å²) in [7, 11) is 4.75. The van der Waals surface area contributed by atoms with Gasteiger partial charge in [-0.05, 0) is 6.07 Å². The zero-order valence-electron chi connectivity index (χ0n) is 13.7. The van der Waals surface area contributed by atoms with E-state index in [9.17, 15) is 9.59 Å². The summed E-state index contributed by atoms with van der Waals surface area (Å²) in [6.07, 6.45) is 0.134. The zero-order chi connectivity index (χ0) is 16.8. The molecule has 7 heteroatoms. The smallest absolute Gasteiger partial charge is 0.237 e. The molecule has 0 unspecified atom stereocenters.